The first-order valence-electron chi connectivity index (χ1n) is 11.2. The van der Waals surface area contributed by atoms with Gasteiger partial charge in [-0.15, -0.1) is 0 Å². The predicted molar refractivity (Wildman–Crippen MR) is 122 cm³/mol. The molecule has 0 unspecified atom stereocenters. The summed E-state index contributed by atoms with van der Waals surface area (Å²) in [6.07, 6.45) is 5.63. The van der Waals surface area contributed by atoms with E-state index in [1.807, 2.05) is 13.8 Å². The second kappa shape index (κ2) is 14.4. The summed E-state index contributed by atoms with van der Waals surface area (Å²) < 4.78 is 11.4. The average molecular weight is 471 g/mol. The minimum atomic E-state index is -0.697. The van der Waals surface area contributed by atoms with Gasteiger partial charge in [0, 0.05) is 25.1 Å². The SMILES string of the molecule is CCCCOCN1C(=O)N(CC#CC#CO)C2C1N(COCCCC)C(=O)N2CC#CC#CO. The van der Waals surface area contributed by atoms with E-state index in [1.54, 1.807) is 12.2 Å². The molecule has 2 aliphatic heterocycles. The molecule has 182 valence electrons. The summed E-state index contributed by atoms with van der Waals surface area (Å²) in [7, 11) is 0. The van der Waals surface area contributed by atoms with Crippen molar-refractivity contribution in [2.75, 3.05) is 39.8 Å². The molecule has 0 aromatic rings. The number of carbonyl (C=O) groups is 2. The number of nitrogens with zero attached hydrogens (tertiary/aromatic N) is 4. The van der Waals surface area contributed by atoms with Crippen molar-refractivity contribution < 1.29 is 29.3 Å². The molecule has 10 nitrogen and oxygen atoms in total. The molecule has 2 N–H and O–H groups in total. The van der Waals surface area contributed by atoms with Gasteiger partial charge < -0.3 is 19.7 Å². The van der Waals surface area contributed by atoms with E-state index in [0.29, 0.717) is 13.2 Å². The van der Waals surface area contributed by atoms with E-state index in [1.165, 1.54) is 19.6 Å². The standard InChI is InChI=1S/C24H30N4O6/c1-3-5-17-33-19-27-22-21(25(23(27)31)13-9-7-11-15-29)26(14-10-8-12-16-30)24(32)28(22)20-34-18-6-4-2/h21-22,29-30H,3-6,13-14,17-20H2,1-2H3. The summed E-state index contributed by atoms with van der Waals surface area (Å²) >= 11 is 0. The van der Waals surface area contributed by atoms with Gasteiger partial charge in [-0.3, -0.25) is 19.6 Å². The summed E-state index contributed by atoms with van der Waals surface area (Å²) in [5.41, 5.74) is 0. The Kier molecular flexibility index (Phi) is 11.3. The van der Waals surface area contributed by atoms with Gasteiger partial charge >= 0.3 is 12.1 Å². The first kappa shape index (κ1) is 26.6. The smallest absolute Gasteiger partial charge is 0.326 e. The zero-order valence-corrected chi connectivity index (χ0v) is 19.5. The molecule has 0 bridgehead atoms. The topological polar surface area (TPSA) is 106 Å². The minimum absolute atomic E-state index is 0.00855. The van der Waals surface area contributed by atoms with Crippen LogP contribution in [0, 0.1) is 47.7 Å². The van der Waals surface area contributed by atoms with Crippen molar-refractivity contribution in [3.05, 3.63) is 0 Å². The number of amides is 4. The first-order valence-corrected chi connectivity index (χ1v) is 11.2. The van der Waals surface area contributed by atoms with Gasteiger partial charge in [-0.05, 0) is 24.7 Å². The highest BCUT2D eigenvalue weighted by Gasteiger charge is 2.59. The van der Waals surface area contributed by atoms with Crippen molar-refractivity contribution >= 4 is 12.1 Å². The van der Waals surface area contributed by atoms with Gasteiger partial charge in [0.15, 0.2) is 12.3 Å². The lowest BCUT2D eigenvalue weighted by atomic mass is 10.3. The van der Waals surface area contributed by atoms with Gasteiger partial charge in [0.05, 0.1) is 13.1 Å². The minimum Gasteiger partial charge on any atom is -0.461 e. The molecular weight excluding hydrogens is 440 g/mol. The third-order valence-corrected chi connectivity index (χ3v) is 5.18. The van der Waals surface area contributed by atoms with E-state index in [-0.39, 0.29) is 38.6 Å². The van der Waals surface area contributed by atoms with Crippen LogP contribution in [-0.2, 0) is 9.47 Å². The third kappa shape index (κ3) is 6.65. The molecule has 2 fully saturated rings. The molecule has 34 heavy (non-hydrogen) atoms. The third-order valence-electron chi connectivity index (χ3n) is 5.18. The normalized spacial score (nSPS) is 18.3. The van der Waals surface area contributed by atoms with E-state index < -0.39 is 12.3 Å². The fourth-order valence-electron chi connectivity index (χ4n) is 3.56. The van der Waals surface area contributed by atoms with Gasteiger partial charge in [0.25, 0.3) is 0 Å². The molecule has 4 amide bonds. The number of aliphatic hydroxyl groups is 2. The molecule has 2 rings (SSSR count). The fraction of sp³-hybridized carbons (Fsp3) is 0.583. The van der Waals surface area contributed by atoms with Crippen LogP contribution in [0.1, 0.15) is 39.5 Å². The van der Waals surface area contributed by atoms with E-state index in [4.69, 9.17) is 19.7 Å². The van der Waals surface area contributed by atoms with E-state index in [0.717, 1.165) is 25.7 Å². The number of fused-ring (bicyclic) bond motifs is 1. The molecule has 0 radical (unpaired) electrons. The Morgan fingerprint density at radius 3 is 1.50 bits per heavy atom. The predicted octanol–water partition coefficient (Wildman–Crippen LogP) is 1.34. The van der Waals surface area contributed by atoms with Crippen molar-refractivity contribution in [3.63, 3.8) is 0 Å². The van der Waals surface area contributed by atoms with Crippen molar-refractivity contribution in [2.24, 2.45) is 0 Å². The Morgan fingerprint density at radius 1 is 0.706 bits per heavy atom. The molecule has 0 spiro atoms. The second-order valence-corrected chi connectivity index (χ2v) is 7.45. The van der Waals surface area contributed by atoms with Crippen LogP contribution < -0.4 is 0 Å². The number of ether oxygens (including phenoxy) is 2. The van der Waals surface area contributed by atoms with E-state index >= 15 is 0 Å². The summed E-state index contributed by atoms with van der Waals surface area (Å²) in [5, 5.41) is 17.3. The number of rotatable bonds is 12. The van der Waals surface area contributed by atoms with Gasteiger partial charge in [-0.2, -0.15) is 0 Å². The van der Waals surface area contributed by atoms with Crippen molar-refractivity contribution in [1.82, 2.24) is 19.6 Å². The summed E-state index contributed by atoms with van der Waals surface area (Å²) in [6, 6.07) is -0.700. The molecule has 2 aliphatic rings. The number of carbonyl (C=O) groups excluding carboxylic acids is 2. The Labute approximate surface area is 200 Å². The molecule has 0 atom stereocenters. The summed E-state index contributed by atoms with van der Waals surface area (Å²) in [5.74, 6) is 14.8. The zero-order chi connectivity index (χ0) is 24.8. The number of urea groups is 2. The summed E-state index contributed by atoms with van der Waals surface area (Å²) in [4.78, 5) is 32.5. The van der Waals surface area contributed by atoms with Crippen LogP contribution in [0.15, 0.2) is 0 Å². The Hall–Kier alpha value is -3.70. The number of aliphatic hydroxyl groups excluding tert-OH is 2. The lowest BCUT2D eigenvalue weighted by molar-refractivity contribution is -0.0264. The van der Waals surface area contributed by atoms with Crippen LogP contribution in [0.5, 0.6) is 0 Å². The van der Waals surface area contributed by atoms with Crippen molar-refractivity contribution in [1.29, 1.82) is 0 Å². The lowest BCUT2D eigenvalue weighted by Gasteiger charge is -2.29. The van der Waals surface area contributed by atoms with Crippen molar-refractivity contribution in [3.8, 4) is 47.7 Å². The number of unbranched alkanes of at least 4 members (excludes halogenated alkanes) is 2. The quantitative estimate of drug-likeness (QED) is 0.329. The number of hydrogen-bond acceptors (Lipinski definition) is 6. The Morgan fingerprint density at radius 2 is 1.12 bits per heavy atom. The van der Waals surface area contributed by atoms with Gasteiger partial charge in [0.2, 0.25) is 0 Å². The van der Waals surface area contributed by atoms with Crippen LogP contribution >= 0.6 is 0 Å². The van der Waals surface area contributed by atoms with E-state index in [2.05, 4.69) is 35.5 Å². The average Bonchev–Trinajstić information content (AvgIpc) is 3.25. The Bertz CT molecular complexity index is 879. The maximum absolute atomic E-state index is 13.3. The van der Waals surface area contributed by atoms with Crippen LogP contribution in [-0.4, -0.2) is 94.0 Å². The molecule has 0 aromatic heterocycles. The highest BCUT2D eigenvalue weighted by molar-refractivity contribution is 5.85. The highest BCUT2D eigenvalue weighted by atomic mass is 16.5. The van der Waals surface area contributed by atoms with Crippen LogP contribution in [0.25, 0.3) is 0 Å². The molecular formula is C24H30N4O6. The van der Waals surface area contributed by atoms with Crippen LogP contribution in [0.2, 0.25) is 0 Å². The lowest BCUT2D eigenvalue weighted by Crippen LogP contribution is -2.48. The monoisotopic (exact) mass is 470 g/mol. The van der Waals surface area contributed by atoms with Crippen molar-refractivity contribution in [2.45, 2.75) is 51.9 Å². The second-order valence-electron chi connectivity index (χ2n) is 7.45. The maximum atomic E-state index is 13.3. The molecule has 10 heteroatoms. The Balaban J connectivity index is 2.35. The van der Waals surface area contributed by atoms with Crippen LogP contribution in [0.4, 0.5) is 9.59 Å². The van der Waals surface area contributed by atoms with Crippen LogP contribution in [0.3, 0.4) is 0 Å². The number of hydrogen-bond donors (Lipinski definition) is 2. The highest BCUT2D eigenvalue weighted by Crippen LogP contribution is 2.34. The molecule has 0 saturated carbocycles. The molecule has 2 saturated heterocycles. The van der Waals surface area contributed by atoms with Gasteiger partial charge in [-0.25, -0.2) is 9.59 Å². The van der Waals surface area contributed by atoms with Gasteiger partial charge in [0.1, 0.15) is 25.7 Å². The molecule has 2 heterocycles. The van der Waals surface area contributed by atoms with Gasteiger partial charge in [-0.1, -0.05) is 38.5 Å². The summed E-state index contributed by atoms with van der Waals surface area (Å²) in [6.45, 7) is 5.04. The molecule has 0 aliphatic carbocycles. The first-order chi connectivity index (χ1) is 16.6. The van der Waals surface area contributed by atoms with E-state index in [9.17, 15) is 9.59 Å². The molecule has 0 aromatic carbocycles. The largest absolute Gasteiger partial charge is 0.461 e. The fourth-order valence-corrected chi connectivity index (χ4v) is 3.56. The maximum Gasteiger partial charge on any atom is 0.326 e. The zero-order valence-electron chi connectivity index (χ0n) is 19.5.